The Labute approximate surface area is 149 Å². The number of alkyl halides is 5. The van der Waals surface area contributed by atoms with Crippen LogP contribution in [0.1, 0.15) is 17.8 Å². The molecule has 3 nitrogen and oxygen atoms in total. The molecule has 0 spiro atoms. The van der Waals surface area contributed by atoms with Crippen LogP contribution < -0.4 is 5.32 Å². The van der Waals surface area contributed by atoms with Crippen LogP contribution in [0, 0.1) is 0 Å². The summed E-state index contributed by atoms with van der Waals surface area (Å²) in [6.07, 6.45) is -4.33. The van der Waals surface area contributed by atoms with E-state index in [1.807, 2.05) is 30.3 Å². The molecule has 0 aliphatic carbocycles. The second-order valence-electron chi connectivity index (χ2n) is 5.62. The molecule has 2 aromatic heterocycles. The molecule has 26 heavy (non-hydrogen) atoms. The molecule has 1 aromatic carbocycles. The van der Waals surface area contributed by atoms with Gasteiger partial charge in [-0.3, -0.25) is 0 Å². The molecule has 0 bridgehead atoms. The summed E-state index contributed by atoms with van der Waals surface area (Å²) >= 11 is 0.987. The molecule has 2 heterocycles. The first-order chi connectivity index (χ1) is 12.3. The van der Waals surface area contributed by atoms with E-state index >= 15 is 0 Å². The summed E-state index contributed by atoms with van der Waals surface area (Å²) in [5.41, 5.74) is 1.11. The number of nitrogens with zero attached hydrogens (tertiary/aromatic N) is 2. The van der Waals surface area contributed by atoms with Gasteiger partial charge in [-0.25, -0.2) is 9.97 Å². The van der Waals surface area contributed by atoms with Crippen LogP contribution in [0.5, 0.6) is 0 Å². The van der Waals surface area contributed by atoms with Crippen LogP contribution in [0.15, 0.2) is 41.8 Å². The average Bonchev–Trinajstić information content (AvgIpc) is 3.07. The van der Waals surface area contributed by atoms with E-state index < -0.39 is 17.9 Å². The molecular weight excluding hydrogens is 373 g/mol. The highest BCUT2D eigenvalue weighted by molar-refractivity contribution is 7.16. The van der Waals surface area contributed by atoms with E-state index in [1.54, 1.807) is 11.4 Å². The van der Waals surface area contributed by atoms with Crippen LogP contribution in [-0.2, 0) is 12.3 Å². The number of thiophene rings is 1. The monoisotopic (exact) mass is 387 g/mol. The molecular formula is C17H14F5N3S. The molecule has 0 fully saturated rings. The van der Waals surface area contributed by atoms with Crippen molar-refractivity contribution < 1.29 is 22.0 Å². The average molecular weight is 387 g/mol. The van der Waals surface area contributed by atoms with Crippen LogP contribution in [0.25, 0.3) is 10.2 Å². The SMILES string of the molecule is FC(F)(F)C(F)(F)c1nc(NCCCc2ccccc2)c2ccsc2n1. The van der Waals surface area contributed by atoms with E-state index in [9.17, 15) is 22.0 Å². The molecule has 1 N–H and O–H groups in total. The van der Waals surface area contributed by atoms with Crippen LogP contribution >= 0.6 is 11.3 Å². The van der Waals surface area contributed by atoms with Gasteiger partial charge in [-0.1, -0.05) is 30.3 Å². The third-order valence-corrected chi connectivity index (χ3v) is 4.55. The Hall–Kier alpha value is -2.29. The fourth-order valence-corrected chi connectivity index (χ4v) is 3.17. The van der Waals surface area contributed by atoms with E-state index in [0.29, 0.717) is 18.4 Å². The number of hydrogen-bond donors (Lipinski definition) is 1. The van der Waals surface area contributed by atoms with Crippen molar-refractivity contribution in [2.45, 2.75) is 24.9 Å². The van der Waals surface area contributed by atoms with Crippen molar-refractivity contribution in [3.8, 4) is 0 Å². The number of benzene rings is 1. The number of hydrogen-bond acceptors (Lipinski definition) is 4. The van der Waals surface area contributed by atoms with Crippen molar-refractivity contribution in [2.24, 2.45) is 0 Å². The molecule has 0 unspecified atom stereocenters. The van der Waals surface area contributed by atoms with E-state index in [1.165, 1.54) is 0 Å². The predicted molar refractivity (Wildman–Crippen MR) is 90.6 cm³/mol. The summed E-state index contributed by atoms with van der Waals surface area (Å²) in [5, 5.41) is 4.86. The van der Waals surface area contributed by atoms with Gasteiger partial charge in [0.1, 0.15) is 10.6 Å². The largest absolute Gasteiger partial charge is 0.461 e. The summed E-state index contributed by atoms with van der Waals surface area (Å²) in [4.78, 5) is 6.96. The molecule has 0 atom stereocenters. The van der Waals surface area contributed by atoms with Gasteiger partial charge in [-0.2, -0.15) is 22.0 Å². The van der Waals surface area contributed by atoms with Crippen molar-refractivity contribution >= 4 is 27.4 Å². The van der Waals surface area contributed by atoms with E-state index in [-0.39, 0.29) is 10.6 Å². The lowest BCUT2D eigenvalue weighted by Gasteiger charge is -2.19. The molecule has 0 saturated carbocycles. The minimum Gasteiger partial charge on any atom is -0.369 e. The van der Waals surface area contributed by atoms with Gasteiger partial charge in [0.25, 0.3) is 0 Å². The fourth-order valence-electron chi connectivity index (χ4n) is 2.40. The quantitative estimate of drug-likeness (QED) is 0.455. The van der Waals surface area contributed by atoms with Crippen LogP contribution in [0.2, 0.25) is 0 Å². The molecule has 0 saturated heterocycles. The van der Waals surface area contributed by atoms with Crippen molar-refractivity contribution in [2.75, 3.05) is 11.9 Å². The summed E-state index contributed by atoms with van der Waals surface area (Å²) in [5.74, 6) is -6.65. The zero-order chi connectivity index (χ0) is 18.8. The second-order valence-corrected chi connectivity index (χ2v) is 6.52. The molecule has 0 aliphatic heterocycles. The minimum atomic E-state index is -5.75. The summed E-state index contributed by atoms with van der Waals surface area (Å²) < 4.78 is 65.1. The number of rotatable bonds is 6. The fraction of sp³-hybridized carbons (Fsp3) is 0.294. The number of halogens is 5. The maximum atomic E-state index is 13.6. The van der Waals surface area contributed by atoms with Gasteiger partial charge in [0.2, 0.25) is 5.82 Å². The molecule has 0 radical (unpaired) electrons. The molecule has 3 rings (SSSR count). The maximum Gasteiger partial charge on any atom is 0.461 e. The first kappa shape index (κ1) is 18.5. The molecule has 9 heteroatoms. The van der Waals surface area contributed by atoms with E-state index in [2.05, 4.69) is 15.3 Å². The lowest BCUT2D eigenvalue weighted by Crippen LogP contribution is -2.35. The van der Waals surface area contributed by atoms with Crippen LogP contribution in [-0.4, -0.2) is 22.7 Å². The zero-order valence-electron chi connectivity index (χ0n) is 13.4. The smallest absolute Gasteiger partial charge is 0.369 e. The third-order valence-electron chi connectivity index (χ3n) is 3.74. The normalized spacial score (nSPS) is 12.5. The first-order valence-corrected chi connectivity index (χ1v) is 8.65. The number of aryl methyl sites for hydroxylation is 1. The standard InChI is InChI=1S/C17H14F5N3S/c18-16(19,17(20,21)22)15-24-13(12-8-10-26-14(12)25-15)23-9-4-7-11-5-2-1-3-6-11/h1-3,5-6,8,10H,4,7,9H2,(H,23,24,25). The van der Waals surface area contributed by atoms with Gasteiger partial charge in [-0.05, 0) is 29.9 Å². The van der Waals surface area contributed by atoms with Crippen molar-refractivity contribution in [3.05, 3.63) is 53.2 Å². The summed E-state index contributed by atoms with van der Waals surface area (Å²) in [6, 6.07) is 11.2. The zero-order valence-corrected chi connectivity index (χ0v) is 14.2. The third kappa shape index (κ3) is 3.77. The highest BCUT2D eigenvalue weighted by atomic mass is 32.1. The number of nitrogens with one attached hydrogen (secondary N) is 1. The first-order valence-electron chi connectivity index (χ1n) is 7.77. The van der Waals surface area contributed by atoms with Gasteiger partial charge in [0.05, 0.1) is 5.39 Å². The Morgan fingerprint density at radius 2 is 1.69 bits per heavy atom. The van der Waals surface area contributed by atoms with E-state index in [0.717, 1.165) is 23.3 Å². The predicted octanol–water partition coefficient (Wildman–Crippen LogP) is 5.39. The number of anilines is 1. The maximum absolute atomic E-state index is 13.6. The Balaban J connectivity index is 1.78. The van der Waals surface area contributed by atoms with Gasteiger partial charge in [0, 0.05) is 6.54 Å². The highest BCUT2D eigenvalue weighted by Crippen LogP contribution is 2.43. The molecule has 138 valence electrons. The van der Waals surface area contributed by atoms with Gasteiger partial charge in [0.15, 0.2) is 0 Å². The van der Waals surface area contributed by atoms with Gasteiger partial charge < -0.3 is 5.32 Å². The van der Waals surface area contributed by atoms with Gasteiger partial charge in [-0.15, -0.1) is 11.3 Å². The second kappa shape index (κ2) is 7.14. The van der Waals surface area contributed by atoms with E-state index in [4.69, 9.17) is 0 Å². The summed E-state index contributed by atoms with van der Waals surface area (Å²) in [6.45, 7) is 0.383. The summed E-state index contributed by atoms with van der Waals surface area (Å²) in [7, 11) is 0. The lowest BCUT2D eigenvalue weighted by atomic mass is 10.1. The van der Waals surface area contributed by atoms with Crippen LogP contribution in [0.4, 0.5) is 27.8 Å². The topological polar surface area (TPSA) is 37.8 Å². The lowest BCUT2D eigenvalue weighted by molar-refractivity contribution is -0.292. The Bertz CT molecular complexity index is 877. The molecule has 3 aromatic rings. The number of aromatic nitrogens is 2. The van der Waals surface area contributed by atoms with Crippen molar-refractivity contribution in [1.29, 1.82) is 0 Å². The minimum absolute atomic E-state index is 0.0109. The van der Waals surface area contributed by atoms with Crippen LogP contribution in [0.3, 0.4) is 0 Å². The van der Waals surface area contributed by atoms with Gasteiger partial charge >= 0.3 is 12.1 Å². The Morgan fingerprint density at radius 3 is 2.38 bits per heavy atom. The Morgan fingerprint density at radius 1 is 0.962 bits per heavy atom. The highest BCUT2D eigenvalue weighted by Gasteiger charge is 2.61. The van der Waals surface area contributed by atoms with Crippen molar-refractivity contribution in [3.63, 3.8) is 0 Å². The molecule has 0 aliphatic rings. The molecule has 0 amide bonds. The van der Waals surface area contributed by atoms with Crippen molar-refractivity contribution in [1.82, 2.24) is 9.97 Å². The Kier molecular flexibility index (Phi) is 5.08. The number of fused-ring (bicyclic) bond motifs is 1.